The van der Waals surface area contributed by atoms with Crippen LogP contribution in [-0.2, 0) is 22.5 Å². The smallest absolute Gasteiger partial charge is 0.250 e. The molecule has 0 aliphatic carbocycles. The van der Waals surface area contributed by atoms with Gasteiger partial charge < -0.3 is 15.4 Å². The van der Waals surface area contributed by atoms with E-state index in [1.54, 1.807) is 0 Å². The molecule has 1 aliphatic rings. The van der Waals surface area contributed by atoms with Gasteiger partial charge in [0.1, 0.15) is 6.61 Å². The zero-order valence-corrected chi connectivity index (χ0v) is 10.6. The number of carbonyl (C=O) groups excluding carboxylic acids is 1. The number of amides is 1. The summed E-state index contributed by atoms with van der Waals surface area (Å²) in [5.74, 6) is -0.119. The molecule has 1 aromatic rings. The predicted octanol–water partition coefficient (Wildman–Crippen LogP) is 1.34. The molecule has 17 heavy (non-hydrogen) atoms. The third-order valence-corrected chi connectivity index (χ3v) is 2.65. The quantitative estimate of drug-likeness (QED) is 0.858. The maximum atomic E-state index is 11.3. The van der Waals surface area contributed by atoms with Crippen LogP contribution in [0.3, 0.4) is 0 Å². The fraction of sp³-hybridized carbons (Fsp3) is 0.417. The van der Waals surface area contributed by atoms with Crippen LogP contribution >= 0.6 is 12.4 Å². The average Bonchev–Trinajstić information content (AvgIpc) is 2.29. The monoisotopic (exact) mass is 256 g/mol. The van der Waals surface area contributed by atoms with E-state index in [-0.39, 0.29) is 24.9 Å². The Kier molecular flexibility index (Phi) is 5.41. The second kappa shape index (κ2) is 6.59. The van der Waals surface area contributed by atoms with Gasteiger partial charge in [-0.25, -0.2) is 0 Å². The molecule has 0 aromatic heterocycles. The van der Waals surface area contributed by atoms with Crippen LogP contribution in [0.5, 0.6) is 0 Å². The van der Waals surface area contributed by atoms with Crippen molar-refractivity contribution >= 4 is 24.0 Å². The Labute approximate surface area is 107 Å². The van der Waals surface area contributed by atoms with Crippen molar-refractivity contribution in [2.45, 2.75) is 13.0 Å². The first kappa shape index (κ1) is 14.0. The number of ether oxygens (including phenoxy) is 1. The summed E-state index contributed by atoms with van der Waals surface area (Å²) in [7, 11) is 1.51. The fourth-order valence-corrected chi connectivity index (χ4v) is 1.89. The fourth-order valence-electron chi connectivity index (χ4n) is 1.89. The van der Waals surface area contributed by atoms with Crippen molar-refractivity contribution in [3.63, 3.8) is 0 Å². The Morgan fingerprint density at radius 2 is 2.29 bits per heavy atom. The van der Waals surface area contributed by atoms with Gasteiger partial charge in [0.2, 0.25) is 5.91 Å². The third-order valence-electron chi connectivity index (χ3n) is 2.65. The summed E-state index contributed by atoms with van der Waals surface area (Å²) in [6.45, 7) is 2.00. The highest BCUT2D eigenvalue weighted by molar-refractivity contribution is 5.91. The highest BCUT2D eigenvalue weighted by Gasteiger charge is 2.09. The van der Waals surface area contributed by atoms with Gasteiger partial charge in [0, 0.05) is 19.3 Å². The lowest BCUT2D eigenvalue weighted by Crippen LogP contribution is -2.24. The van der Waals surface area contributed by atoms with Crippen LogP contribution in [0.1, 0.15) is 11.1 Å². The van der Waals surface area contributed by atoms with Crippen molar-refractivity contribution in [1.82, 2.24) is 5.32 Å². The van der Waals surface area contributed by atoms with E-state index in [1.807, 2.05) is 12.1 Å². The van der Waals surface area contributed by atoms with Gasteiger partial charge in [-0.3, -0.25) is 4.79 Å². The van der Waals surface area contributed by atoms with E-state index >= 15 is 0 Å². The summed E-state index contributed by atoms with van der Waals surface area (Å²) in [5.41, 5.74) is 3.47. The SMILES string of the molecule is COCC(=O)Nc1ccc2c(c1)CNCC2.Cl. The van der Waals surface area contributed by atoms with Gasteiger partial charge >= 0.3 is 0 Å². The van der Waals surface area contributed by atoms with Crippen molar-refractivity contribution in [3.8, 4) is 0 Å². The summed E-state index contributed by atoms with van der Waals surface area (Å²) in [6.07, 6.45) is 1.06. The van der Waals surface area contributed by atoms with Gasteiger partial charge in [-0.2, -0.15) is 0 Å². The van der Waals surface area contributed by atoms with Crippen molar-refractivity contribution in [2.24, 2.45) is 0 Å². The van der Waals surface area contributed by atoms with Crippen LogP contribution in [-0.4, -0.2) is 26.2 Å². The van der Waals surface area contributed by atoms with E-state index in [1.165, 1.54) is 18.2 Å². The third kappa shape index (κ3) is 3.70. The standard InChI is InChI=1S/C12H16N2O2.ClH/c1-16-8-12(15)14-11-3-2-9-4-5-13-7-10(9)6-11;/h2-3,6,13H,4-5,7-8H2,1H3,(H,14,15);1H. The van der Waals surface area contributed by atoms with Gasteiger partial charge in [-0.1, -0.05) is 6.07 Å². The zero-order chi connectivity index (χ0) is 11.4. The summed E-state index contributed by atoms with van der Waals surface area (Å²) >= 11 is 0. The Morgan fingerprint density at radius 1 is 1.47 bits per heavy atom. The lowest BCUT2D eigenvalue weighted by atomic mass is 10.0. The van der Waals surface area contributed by atoms with E-state index in [0.29, 0.717) is 0 Å². The Hall–Kier alpha value is -1.10. The van der Waals surface area contributed by atoms with Crippen molar-refractivity contribution < 1.29 is 9.53 Å². The van der Waals surface area contributed by atoms with Crippen LogP contribution in [0.25, 0.3) is 0 Å². The molecule has 0 saturated heterocycles. The van der Waals surface area contributed by atoms with Gasteiger partial charge in [-0.05, 0) is 36.2 Å². The maximum absolute atomic E-state index is 11.3. The van der Waals surface area contributed by atoms with Crippen molar-refractivity contribution in [1.29, 1.82) is 0 Å². The minimum absolute atomic E-state index is 0. The molecule has 4 nitrogen and oxygen atoms in total. The molecular formula is C12H17ClN2O2. The molecule has 0 bridgehead atoms. The van der Waals surface area contributed by atoms with Crippen molar-refractivity contribution in [2.75, 3.05) is 25.6 Å². The normalized spacial score (nSPS) is 13.5. The molecular weight excluding hydrogens is 240 g/mol. The van der Waals surface area contributed by atoms with Gasteiger partial charge in [-0.15, -0.1) is 12.4 Å². The highest BCUT2D eigenvalue weighted by atomic mass is 35.5. The first-order chi connectivity index (χ1) is 7.79. The van der Waals surface area contributed by atoms with Gasteiger partial charge in [0.05, 0.1) is 0 Å². The average molecular weight is 257 g/mol. The Morgan fingerprint density at radius 3 is 3.06 bits per heavy atom. The molecule has 0 atom stereocenters. The van der Waals surface area contributed by atoms with E-state index in [2.05, 4.69) is 16.7 Å². The van der Waals surface area contributed by atoms with E-state index in [4.69, 9.17) is 4.74 Å². The number of carbonyl (C=O) groups is 1. The molecule has 1 aliphatic heterocycles. The van der Waals surface area contributed by atoms with E-state index < -0.39 is 0 Å². The first-order valence-corrected chi connectivity index (χ1v) is 5.41. The number of benzene rings is 1. The predicted molar refractivity (Wildman–Crippen MR) is 69.6 cm³/mol. The van der Waals surface area contributed by atoms with Crippen LogP contribution in [0.2, 0.25) is 0 Å². The van der Waals surface area contributed by atoms with Crippen LogP contribution in [0.15, 0.2) is 18.2 Å². The molecule has 0 spiro atoms. The second-order valence-corrected chi connectivity index (χ2v) is 3.89. The number of hydrogen-bond acceptors (Lipinski definition) is 3. The van der Waals surface area contributed by atoms with Gasteiger partial charge in [0.25, 0.3) is 0 Å². The number of anilines is 1. The lowest BCUT2D eigenvalue weighted by Gasteiger charge is -2.18. The maximum Gasteiger partial charge on any atom is 0.250 e. The summed E-state index contributed by atoms with van der Waals surface area (Å²) < 4.78 is 4.76. The Balaban J connectivity index is 0.00000144. The molecule has 1 aromatic carbocycles. The molecule has 1 heterocycles. The molecule has 94 valence electrons. The second-order valence-electron chi connectivity index (χ2n) is 3.89. The number of nitrogens with one attached hydrogen (secondary N) is 2. The largest absolute Gasteiger partial charge is 0.375 e. The molecule has 0 fully saturated rings. The summed E-state index contributed by atoms with van der Waals surface area (Å²) in [4.78, 5) is 11.3. The van der Waals surface area contributed by atoms with Crippen molar-refractivity contribution in [3.05, 3.63) is 29.3 Å². The lowest BCUT2D eigenvalue weighted by molar-refractivity contribution is -0.119. The molecule has 2 N–H and O–H groups in total. The van der Waals surface area contributed by atoms with Crippen LogP contribution in [0.4, 0.5) is 5.69 Å². The number of hydrogen-bond donors (Lipinski definition) is 2. The van der Waals surface area contributed by atoms with E-state index in [9.17, 15) is 4.79 Å². The highest BCUT2D eigenvalue weighted by Crippen LogP contribution is 2.18. The Bertz CT molecular complexity index is 396. The molecule has 5 heteroatoms. The summed E-state index contributed by atoms with van der Waals surface area (Å²) in [5, 5.41) is 6.11. The molecule has 0 saturated carbocycles. The minimum atomic E-state index is -0.119. The molecule has 1 amide bonds. The van der Waals surface area contributed by atoms with Crippen LogP contribution in [0, 0.1) is 0 Å². The number of rotatable bonds is 3. The molecule has 0 radical (unpaired) electrons. The number of halogens is 1. The summed E-state index contributed by atoms with van der Waals surface area (Å²) in [6, 6.07) is 6.05. The molecule has 2 rings (SSSR count). The minimum Gasteiger partial charge on any atom is -0.375 e. The zero-order valence-electron chi connectivity index (χ0n) is 9.79. The van der Waals surface area contributed by atoms with Gasteiger partial charge in [0.15, 0.2) is 0 Å². The van der Waals surface area contributed by atoms with Crippen LogP contribution < -0.4 is 10.6 Å². The van der Waals surface area contributed by atoms with E-state index in [0.717, 1.165) is 25.2 Å². The topological polar surface area (TPSA) is 50.4 Å². The number of fused-ring (bicyclic) bond motifs is 1. The molecule has 0 unspecified atom stereocenters. The first-order valence-electron chi connectivity index (χ1n) is 5.41. The number of methoxy groups -OCH3 is 1.